The Labute approximate surface area is 150 Å². The predicted molar refractivity (Wildman–Crippen MR) is 92.2 cm³/mol. The molecular weight excluding hydrogens is 359 g/mol. The molecule has 0 fully saturated rings. The van der Waals surface area contributed by atoms with E-state index in [1.54, 1.807) is 25.3 Å². The van der Waals surface area contributed by atoms with Crippen LogP contribution in [0.15, 0.2) is 42.6 Å². The fourth-order valence-corrected chi connectivity index (χ4v) is 2.60. The Kier molecular flexibility index (Phi) is 3.94. The highest BCUT2D eigenvalue weighted by Crippen LogP contribution is 2.36. The summed E-state index contributed by atoms with van der Waals surface area (Å²) in [5, 5.41) is 9.53. The molecule has 0 spiro atoms. The van der Waals surface area contributed by atoms with Crippen LogP contribution in [0.25, 0.3) is 22.4 Å². The number of anilines is 2. The first-order valence-corrected chi connectivity index (χ1v) is 7.87. The lowest BCUT2D eigenvalue weighted by atomic mass is 10.1. The van der Waals surface area contributed by atoms with Gasteiger partial charge in [0.15, 0.2) is 11.6 Å². The van der Waals surface area contributed by atoms with Crippen molar-refractivity contribution in [1.82, 2.24) is 30.1 Å². The normalized spacial score (nSPS) is 11.7. The monoisotopic (exact) mass is 371 g/mol. The van der Waals surface area contributed by atoms with Crippen LogP contribution in [-0.2, 0) is 6.18 Å². The summed E-state index contributed by atoms with van der Waals surface area (Å²) in [6.45, 7) is 1.72. The summed E-state index contributed by atoms with van der Waals surface area (Å²) in [6.07, 6.45) is -2.98. The van der Waals surface area contributed by atoms with Gasteiger partial charge < -0.3 is 5.32 Å². The molecule has 2 N–H and O–H groups in total. The average Bonchev–Trinajstić information content (AvgIpc) is 3.06. The maximum atomic E-state index is 13.4. The molecule has 1 aromatic carbocycles. The van der Waals surface area contributed by atoms with Crippen LogP contribution in [0.1, 0.15) is 11.4 Å². The van der Waals surface area contributed by atoms with Crippen LogP contribution in [-0.4, -0.2) is 30.1 Å². The van der Waals surface area contributed by atoms with Gasteiger partial charge in [-0.25, -0.2) is 9.97 Å². The molecular formula is C17H12F3N7. The Morgan fingerprint density at radius 1 is 1.00 bits per heavy atom. The van der Waals surface area contributed by atoms with Gasteiger partial charge >= 0.3 is 6.18 Å². The lowest BCUT2D eigenvalue weighted by Gasteiger charge is -2.13. The van der Waals surface area contributed by atoms with E-state index < -0.39 is 11.7 Å². The molecule has 3 heterocycles. The molecule has 0 saturated carbocycles. The quantitative estimate of drug-likeness (QED) is 0.568. The number of aromatic amines is 1. The Morgan fingerprint density at radius 2 is 1.81 bits per heavy atom. The molecule has 0 saturated heterocycles. The van der Waals surface area contributed by atoms with Gasteiger partial charge in [0.25, 0.3) is 0 Å². The molecule has 3 aromatic heterocycles. The lowest BCUT2D eigenvalue weighted by molar-refractivity contribution is -0.137. The van der Waals surface area contributed by atoms with Gasteiger partial charge in [0, 0.05) is 11.8 Å². The number of halogens is 3. The summed E-state index contributed by atoms with van der Waals surface area (Å²) in [5.41, 5.74) is -0.139. The summed E-state index contributed by atoms with van der Waals surface area (Å²) >= 11 is 0. The van der Waals surface area contributed by atoms with Crippen LogP contribution in [0.2, 0.25) is 0 Å². The predicted octanol–water partition coefficient (Wildman–Crippen LogP) is 3.88. The highest BCUT2D eigenvalue weighted by molar-refractivity contribution is 5.88. The van der Waals surface area contributed by atoms with Gasteiger partial charge in [-0.2, -0.15) is 18.2 Å². The van der Waals surface area contributed by atoms with Crippen LogP contribution in [0, 0.1) is 6.92 Å². The number of alkyl halides is 3. The van der Waals surface area contributed by atoms with E-state index in [0.29, 0.717) is 16.9 Å². The number of aryl methyl sites for hydroxylation is 1. The Balaban J connectivity index is 1.91. The molecule has 0 amide bonds. The molecule has 0 aliphatic heterocycles. The van der Waals surface area contributed by atoms with E-state index >= 15 is 0 Å². The molecule has 7 nitrogen and oxygen atoms in total. The minimum atomic E-state index is -4.53. The summed E-state index contributed by atoms with van der Waals surface area (Å²) in [4.78, 5) is 16.9. The average molecular weight is 371 g/mol. The third-order valence-electron chi connectivity index (χ3n) is 3.76. The molecule has 136 valence electrons. The number of nitrogens with zero attached hydrogens (tertiary/aromatic N) is 5. The number of aromatic nitrogens is 6. The number of hydrogen-bond acceptors (Lipinski definition) is 6. The molecule has 10 heteroatoms. The second-order valence-electron chi connectivity index (χ2n) is 5.68. The molecule has 27 heavy (non-hydrogen) atoms. The molecule has 0 aliphatic carbocycles. The van der Waals surface area contributed by atoms with E-state index in [0.717, 1.165) is 6.07 Å². The van der Waals surface area contributed by atoms with Crippen molar-refractivity contribution < 1.29 is 13.2 Å². The molecule has 0 bridgehead atoms. The maximum Gasteiger partial charge on any atom is 0.417 e. The van der Waals surface area contributed by atoms with E-state index in [2.05, 4.69) is 35.5 Å². The van der Waals surface area contributed by atoms with Gasteiger partial charge in [0.05, 0.1) is 11.1 Å². The van der Waals surface area contributed by atoms with Gasteiger partial charge in [0.2, 0.25) is 5.95 Å². The zero-order chi connectivity index (χ0) is 19.0. The Morgan fingerprint density at radius 3 is 2.56 bits per heavy atom. The molecule has 4 aromatic rings. The van der Waals surface area contributed by atoms with Crippen LogP contribution in [0.4, 0.5) is 24.9 Å². The number of pyridine rings is 1. The molecule has 0 aliphatic rings. The van der Waals surface area contributed by atoms with Gasteiger partial charge in [-0.15, -0.1) is 5.10 Å². The zero-order valence-electron chi connectivity index (χ0n) is 13.9. The van der Waals surface area contributed by atoms with Crippen molar-refractivity contribution in [2.75, 3.05) is 5.32 Å². The SMILES string of the molecule is Cc1nc(Nc2nc(-c3ccccc3C(F)(F)F)nc3cccnc23)n[nH]1. The fraction of sp³-hybridized carbons (Fsp3) is 0.118. The largest absolute Gasteiger partial charge is 0.417 e. The maximum absolute atomic E-state index is 13.4. The highest BCUT2D eigenvalue weighted by Gasteiger charge is 2.34. The minimum Gasteiger partial charge on any atom is -0.306 e. The standard InChI is InChI=1S/C17H12F3N7/c1-9-22-16(27-26-9)25-15-13-12(7-4-8-21-13)23-14(24-15)10-5-2-3-6-11(10)17(18,19)20/h2-8H,1H3,(H2,22,23,24,25,26,27). The first kappa shape index (κ1) is 16.9. The first-order chi connectivity index (χ1) is 12.9. The van der Waals surface area contributed by atoms with Crippen molar-refractivity contribution in [2.45, 2.75) is 13.1 Å². The third-order valence-corrected chi connectivity index (χ3v) is 3.76. The van der Waals surface area contributed by atoms with E-state index in [9.17, 15) is 13.2 Å². The van der Waals surface area contributed by atoms with Crippen LogP contribution in [0.3, 0.4) is 0 Å². The number of H-pyrrole nitrogens is 1. The van der Waals surface area contributed by atoms with E-state index in [1.165, 1.54) is 18.2 Å². The second-order valence-corrected chi connectivity index (χ2v) is 5.68. The number of fused-ring (bicyclic) bond motifs is 1. The zero-order valence-corrected chi connectivity index (χ0v) is 13.9. The van der Waals surface area contributed by atoms with E-state index in [-0.39, 0.29) is 23.2 Å². The summed E-state index contributed by atoms with van der Waals surface area (Å²) in [7, 11) is 0. The number of nitrogens with one attached hydrogen (secondary N) is 2. The summed E-state index contributed by atoms with van der Waals surface area (Å²) < 4.78 is 40.2. The van der Waals surface area contributed by atoms with Crippen molar-refractivity contribution in [3.8, 4) is 11.4 Å². The van der Waals surface area contributed by atoms with Gasteiger partial charge in [0.1, 0.15) is 11.3 Å². The number of hydrogen-bond donors (Lipinski definition) is 2. The molecule has 0 radical (unpaired) electrons. The topological polar surface area (TPSA) is 92.3 Å². The number of benzene rings is 1. The molecule has 0 atom stereocenters. The second kappa shape index (κ2) is 6.31. The fourth-order valence-electron chi connectivity index (χ4n) is 2.60. The minimum absolute atomic E-state index is 0.0711. The summed E-state index contributed by atoms with van der Waals surface area (Å²) in [5.74, 6) is 0.949. The summed E-state index contributed by atoms with van der Waals surface area (Å²) in [6, 6.07) is 8.46. The van der Waals surface area contributed by atoms with E-state index in [4.69, 9.17) is 0 Å². The number of rotatable bonds is 3. The Hall–Kier alpha value is -3.56. The smallest absolute Gasteiger partial charge is 0.306 e. The van der Waals surface area contributed by atoms with Crippen LogP contribution >= 0.6 is 0 Å². The van der Waals surface area contributed by atoms with Crippen LogP contribution in [0.5, 0.6) is 0 Å². The molecule has 0 unspecified atom stereocenters. The van der Waals surface area contributed by atoms with Gasteiger partial charge in [-0.3, -0.25) is 10.1 Å². The van der Waals surface area contributed by atoms with Crippen molar-refractivity contribution in [3.05, 3.63) is 54.0 Å². The Bertz CT molecular complexity index is 1120. The van der Waals surface area contributed by atoms with Crippen LogP contribution < -0.4 is 5.32 Å². The highest BCUT2D eigenvalue weighted by atomic mass is 19.4. The van der Waals surface area contributed by atoms with E-state index in [1.807, 2.05) is 0 Å². The van der Waals surface area contributed by atoms with Gasteiger partial charge in [-0.05, 0) is 25.1 Å². The van der Waals surface area contributed by atoms with Crippen molar-refractivity contribution in [3.63, 3.8) is 0 Å². The first-order valence-electron chi connectivity index (χ1n) is 7.87. The van der Waals surface area contributed by atoms with Crippen molar-refractivity contribution in [2.24, 2.45) is 0 Å². The lowest BCUT2D eigenvalue weighted by Crippen LogP contribution is -2.09. The molecule has 4 rings (SSSR count). The van der Waals surface area contributed by atoms with Crippen molar-refractivity contribution in [1.29, 1.82) is 0 Å². The third kappa shape index (κ3) is 3.28. The van der Waals surface area contributed by atoms with Crippen molar-refractivity contribution >= 4 is 22.8 Å². The van der Waals surface area contributed by atoms with Gasteiger partial charge in [-0.1, -0.05) is 18.2 Å².